The van der Waals surface area contributed by atoms with Crippen molar-refractivity contribution in [1.29, 1.82) is 0 Å². The molecule has 23 heavy (non-hydrogen) atoms. The highest BCUT2D eigenvalue weighted by Gasteiger charge is 2.19. The number of ether oxygens (including phenoxy) is 4. The van der Waals surface area contributed by atoms with E-state index in [-0.39, 0.29) is 6.79 Å². The Balaban J connectivity index is 1.87. The molecule has 1 aliphatic rings. The van der Waals surface area contributed by atoms with E-state index >= 15 is 0 Å². The van der Waals surface area contributed by atoms with Crippen LogP contribution in [-0.4, -0.2) is 31.6 Å². The molecule has 0 amide bonds. The molecule has 0 saturated carbocycles. The van der Waals surface area contributed by atoms with Crippen LogP contribution in [0.25, 0.3) is 0 Å². The van der Waals surface area contributed by atoms with E-state index in [9.17, 15) is 4.79 Å². The Hall–Kier alpha value is -2.89. The van der Waals surface area contributed by atoms with Gasteiger partial charge in [-0.05, 0) is 23.8 Å². The number of carbonyl (C=O) groups is 1. The number of fused-ring (bicyclic) bond motifs is 1. The third-order valence-electron chi connectivity index (χ3n) is 3.46. The third kappa shape index (κ3) is 3.48. The second-order valence-electron chi connectivity index (χ2n) is 5.02. The van der Waals surface area contributed by atoms with Crippen LogP contribution in [0.4, 0.5) is 0 Å². The summed E-state index contributed by atoms with van der Waals surface area (Å²) in [5.41, 5.74) is 1.88. The van der Waals surface area contributed by atoms with Crippen molar-refractivity contribution in [1.82, 2.24) is 0 Å². The van der Waals surface area contributed by atoms with E-state index in [1.54, 1.807) is 13.2 Å². The van der Waals surface area contributed by atoms with Gasteiger partial charge in [0.1, 0.15) is 11.5 Å². The van der Waals surface area contributed by atoms with Crippen molar-refractivity contribution in [2.45, 2.75) is 6.42 Å². The molecule has 1 heterocycles. The van der Waals surface area contributed by atoms with Gasteiger partial charge in [-0.2, -0.15) is 0 Å². The number of aliphatic carboxylic acids is 1. The summed E-state index contributed by atoms with van der Waals surface area (Å²) in [6.45, 7) is -0.255. The molecule has 0 aliphatic carbocycles. The Bertz CT molecular complexity index is 708. The Labute approximate surface area is 133 Å². The van der Waals surface area contributed by atoms with Gasteiger partial charge in [0.25, 0.3) is 0 Å². The zero-order chi connectivity index (χ0) is 16.2. The topological polar surface area (TPSA) is 74.2 Å². The zero-order valence-corrected chi connectivity index (χ0v) is 12.6. The first kappa shape index (κ1) is 15.0. The lowest BCUT2D eigenvalue weighted by Crippen LogP contribution is -2.10. The summed E-state index contributed by atoms with van der Waals surface area (Å²) in [6, 6.07) is 11.1. The first-order valence-electron chi connectivity index (χ1n) is 7.06. The van der Waals surface area contributed by atoms with E-state index in [4.69, 9.17) is 24.1 Å². The molecule has 0 fully saturated rings. The average Bonchev–Trinajstić information content (AvgIpc) is 3.00. The van der Waals surface area contributed by atoms with Crippen molar-refractivity contribution in [3.8, 4) is 23.0 Å². The molecule has 1 N–H and O–H groups in total. The van der Waals surface area contributed by atoms with Crippen molar-refractivity contribution in [2.24, 2.45) is 0 Å². The van der Waals surface area contributed by atoms with E-state index in [0.717, 1.165) is 16.9 Å². The quantitative estimate of drug-likeness (QED) is 0.882. The summed E-state index contributed by atoms with van der Waals surface area (Å²) in [6.07, 6.45) is 0.579. The van der Waals surface area contributed by atoms with Crippen LogP contribution in [0.1, 0.15) is 11.1 Å². The number of carboxylic acids is 1. The molecule has 0 radical (unpaired) electrons. The fraction of sp³-hybridized carbons (Fsp3) is 0.235. The van der Waals surface area contributed by atoms with Gasteiger partial charge in [-0.15, -0.1) is 0 Å². The fourth-order valence-corrected chi connectivity index (χ4v) is 2.34. The number of rotatable bonds is 6. The maximum Gasteiger partial charge on any atom is 0.341 e. The highest BCUT2D eigenvalue weighted by atomic mass is 16.7. The lowest BCUT2D eigenvalue weighted by molar-refractivity contribution is -0.139. The summed E-state index contributed by atoms with van der Waals surface area (Å²) in [5.74, 6) is 1.42. The van der Waals surface area contributed by atoms with Gasteiger partial charge in [0.2, 0.25) is 6.79 Å². The van der Waals surface area contributed by atoms with E-state index in [0.29, 0.717) is 23.7 Å². The maximum absolute atomic E-state index is 10.8. The number of methoxy groups -OCH3 is 1. The van der Waals surface area contributed by atoms with Crippen LogP contribution in [0.2, 0.25) is 0 Å². The summed E-state index contributed by atoms with van der Waals surface area (Å²) in [4.78, 5) is 10.8. The van der Waals surface area contributed by atoms with Gasteiger partial charge >= 0.3 is 5.97 Å². The Morgan fingerprint density at radius 1 is 1.17 bits per heavy atom. The predicted molar refractivity (Wildman–Crippen MR) is 81.5 cm³/mol. The van der Waals surface area contributed by atoms with Crippen molar-refractivity contribution < 1.29 is 28.8 Å². The Morgan fingerprint density at radius 2 is 1.87 bits per heavy atom. The van der Waals surface area contributed by atoms with E-state index in [2.05, 4.69) is 0 Å². The van der Waals surface area contributed by atoms with Crippen molar-refractivity contribution in [3.05, 3.63) is 47.5 Å². The van der Waals surface area contributed by atoms with Gasteiger partial charge in [0.05, 0.1) is 7.11 Å². The zero-order valence-electron chi connectivity index (χ0n) is 12.6. The SMILES string of the molecule is COc1ccc(Cc2cc3c(cc2OCC(=O)O)OCO3)cc1. The summed E-state index contributed by atoms with van der Waals surface area (Å²) < 4.78 is 21.2. The smallest absolute Gasteiger partial charge is 0.341 e. The van der Waals surface area contributed by atoms with E-state index in [1.165, 1.54) is 0 Å². The van der Waals surface area contributed by atoms with Crippen LogP contribution in [0, 0.1) is 0 Å². The Kier molecular flexibility index (Phi) is 4.23. The normalized spacial score (nSPS) is 12.0. The average molecular weight is 316 g/mol. The van der Waals surface area contributed by atoms with Crippen LogP contribution in [0.5, 0.6) is 23.0 Å². The molecule has 0 aromatic heterocycles. The molecule has 6 heteroatoms. The second kappa shape index (κ2) is 6.48. The van der Waals surface area contributed by atoms with Gasteiger partial charge in [-0.1, -0.05) is 12.1 Å². The van der Waals surface area contributed by atoms with Crippen LogP contribution >= 0.6 is 0 Å². The fourth-order valence-electron chi connectivity index (χ4n) is 2.34. The standard InChI is InChI=1S/C17H16O6/c1-20-13-4-2-11(3-5-13)6-12-7-15-16(23-10-22-15)8-14(12)21-9-17(18)19/h2-5,7-8H,6,9-10H2,1H3,(H,18,19). The van der Waals surface area contributed by atoms with E-state index < -0.39 is 12.6 Å². The highest BCUT2D eigenvalue weighted by molar-refractivity contribution is 5.68. The lowest BCUT2D eigenvalue weighted by Gasteiger charge is -2.12. The number of hydrogen-bond donors (Lipinski definition) is 1. The molecule has 0 spiro atoms. The molecule has 2 aromatic carbocycles. The van der Waals surface area contributed by atoms with Crippen LogP contribution in [0.15, 0.2) is 36.4 Å². The monoisotopic (exact) mass is 316 g/mol. The number of carboxylic acid groups (broad SMARTS) is 1. The first-order chi connectivity index (χ1) is 11.2. The molecular formula is C17H16O6. The maximum atomic E-state index is 10.8. The highest BCUT2D eigenvalue weighted by Crippen LogP contribution is 2.39. The lowest BCUT2D eigenvalue weighted by atomic mass is 10.0. The molecule has 2 aromatic rings. The van der Waals surface area contributed by atoms with Gasteiger partial charge in [0, 0.05) is 18.1 Å². The molecule has 0 bridgehead atoms. The predicted octanol–water partition coefficient (Wildman–Crippen LogP) is 2.48. The summed E-state index contributed by atoms with van der Waals surface area (Å²) in [7, 11) is 1.62. The second-order valence-corrected chi connectivity index (χ2v) is 5.02. The molecule has 0 unspecified atom stereocenters. The molecular weight excluding hydrogens is 300 g/mol. The minimum atomic E-state index is -1.03. The van der Waals surface area contributed by atoms with Crippen LogP contribution in [-0.2, 0) is 11.2 Å². The molecule has 0 atom stereocenters. The summed E-state index contributed by atoms with van der Waals surface area (Å²) >= 11 is 0. The van der Waals surface area contributed by atoms with Gasteiger partial charge < -0.3 is 24.1 Å². The van der Waals surface area contributed by atoms with Crippen LogP contribution < -0.4 is 18.9 Å². The summed E-state index contributed by atoms with van der Waals surface area (Å²) in [5, 5.41) is 8.81. The first-order valence-corrected chi connectivity index (χ1v) is 7.06. The van der Waals surface area contributed by atoms with Crippen LogP contribution in [0.3, 0.4) is 0 Å². The number of benzene rings is 2. The molecule has 120 valence electrons. The third-order valence-corrected chi connectivity index (χ3v) is 3.46. The van der Waals surface area contributed by atoms with Crippen molar-refractivity contribution >= 4 is 5.97 Å². The van der Waals surface area contributed by atoms with E-state index in [1.807, 2.05) is 30.3 Å². The van der Waals surface area contributed by atoms with Crippen molar-refractivity contribution in [2.75, 3.05) is 20.5 Å². The van der Waals surface area contributed by atoms with Gasteiger partial charge in [0.15, 0.2) is 18.1 Å². The Morgan fingerprint density at radius 3 is 2.52 bits per heavy atom. The molecule has 3 rings (SSSR count). The van der Waals surface area contributed by atoms with Gasteiger partial charge in [-0.25, -0.2) is 4.79 Å². The molecule has 0 saturated heterocycles. The minimum absolute atomic E-state index is 0.152. The number of hydrogen-bond acceptors (Lipinski definition) is 5. The molecule has 6 nitrogen and oxygen atoms in total. The van der Waals surface area contributed by atoms with Gasteiger partial charge in [-0.3, -0.25) is 0 Å². The largest absolute Gasteiger partial charge is 0.497 e. The minimum Gasteiger partial charge on any atom is -0.497 e. The van der Waals surface area contributed by atoms with Crippen molar-refractivity contribution in [3.63, 3.8) is 0 Å². The molecule has 1 aliphatic heterocycles.